The van der Waals surface area contributed by atoms with E-state index >= 15 is 0 Å². The van der Waals surface area contributed by atoms with Gasteiger partial charge in [-0.1, -0.05) is 48.5 Å². The Morgan fingerprint density at radius 2 is 1.89 bits per heavy atom. The molecule has 1 aliphatic rings. The third-order valence-corrected chi connectivity index (χ3v) is 3.28. The molecule has 0 spiro atoms. The van der Waals surface area contributed by atoms with Gasteiger partial charge in [0.1, 0.15) is 6.04 Å². The number of carbonyl (C=O) groups is 1. The van der Waals surface area contributed by atoms with Gasteiger partial charge in [0.15, 0.2) is 0 Å². The third kappa shape index (κ3) is 1.74. The fourth-order valence-corrected chi connectivity index (χ4v) is 2.39. The molecule has 2 N–H and O–H groups in total. The lowest BCUT2D eigenvalue weighted by atomic mass is 10.0. The van der Waals surface area contributed by atoms with E-state index in [1.54, 1.807) is 0 Å². The molecule has 0 radical (unpaired) electrons. The minimum absolute atomic E-state index is 0.509. The molecule has 3 nitrogen and oxygen atoms in total. The highest BCUT2D eigenvalue weighted by Gasteiger charge is 2.27. The minimum atomic E-state index is -0.801. The molecule has 0 saturated heterocycles. The van der Waals surface area contributed by atoms with Crippen LogP contribution in [0.3, 0.4) is 0 Å². The number of benzene rings is 2. The zero-order valence-corrected chi connectivity index (χ0v) is 9.76. The van der Waals surface area contributed by atoms with Crippen LogP contribution in [0.4, 0.5) is 5.69 Å². The van der Waals surface area contributed by atoms with E-state index in [0.717, 1.165) is 22.4 Å². The summed E-state index contributed by atoms with van der Waals surface area (Å²) in [6, 6.07) is 15.5. The Morgan fingerprint density at radius 3 is 2.61 bits per heavy atom. The first-order valence-electron chi connectivity index (χ1n) is 5.92. The van der Waals surface area contributed by atoms with Crippen molar-refractivity contribution in [2.24, 2.45) is 0 Å². The van der Waals surface area contributed by atoms with Crippen molar-refractivity contribution >= 4 is 11.7 Å². The summed E-state index contributed by atoms with van der Waals surface area (Å²) in [7, 11) is 0. The molecule has 3 rings (SSSR count). The number of fused-ring (bicyclic) bond motifs is 1. The molecule has 1 aliphatic heterocycles. The molecule has 0 saturated carbocycles. The van der Waals surface area contributed by atoms with Crippen molar-refractivity contribution in [2.45, 2.75) is 12.5 Å². The molecule has 3 heteroatoms. The fourth-order valence-electron chi connectivity index (χ4n) is 2.39. The average Bonchev–Trinajstić information content (AvgIpc) is 2.83. The summed E-state index contributed by atoms with van der Waals surface area (Å²) in [4.78, 5) is 11.1. The van der Waals surface area contributed by atoms with Gasteiger partial charge in [-0.25, -0.2) is 4.79 Å². The number of hydrogen-bond donors (Lipinski definition) is 2. The minimum Gasteiger partial charge on any atom is -0.480 e. The highest BCUT2D eigenvalue weighted by atomic mass is 16.4. The highest BCUT2D eigenvalue weighted by molar-refractivity contribution is 5.88. The summed E-state index contributed by atoms with van der Waals surface area (Å²) < 4.78 is 0. The van der Waals surface area contributed by atoms with Crippen LogP contribution in [0.2, 0.25) is 0 Å². The van der Waals surface area contributed by atoms with Gasteiger partial charge in [-0.2, -0.15) is 0 Å². The van der Waals surface area contributed by atoms with Gasteiger partial charge in [-0.3, -0.25) is 0 Å². The van der Waals surface area contributed by atoms with Crippen LogP contribution in [-0.4, -0.2) is 17.1 Å². The number of carboxylic acids is 1. The number of nitrogens with one attached hydrogen (secondary N) is 1. The van der Waals surface area contributed by atoms with Crippen molar-refractivity contribution < 1.29 is 9.90 Å². The van der Waals surface area contributed by atoms with Crippen molar-refractivity contribution in [3.63, 3.8) is 0 Å². The molecule has 0 amide bonds. The summed E-state index contributed by atoms with van der Waals surface area (Å²) >= 11 is 0. The maximum atomic E-state index is 11.1. The van der Waals surface area contributed by atoms with E-state index in [9.17, 15) is 4.79 Å². The topological polar surface area (TPSA) is 49.3 Å². The Bertz CT molecular complexity index is 593. The molecule has 1 unspecified atom stereocenters. The molecule has 2 aromatic carbocycles. The van der Waals surface area contributed by atoms with Crippen LogP contribution in [0.25, 0.3) is 11.1 Å². The van der Waals surface area contributed by atoms with Crippen molar-refractivity contribution in [3.8, 4) is 11.1 Å². The smallest absolute Gasteiger partial charge is 0.326 e. The molecule has 0 fully saturated rings. The maximum Gasteiger partial charge on any atom is 0.326 e. The second-order valence-corrected chi connectivity index (χ2v) is 4.45. The molecule has 0 bridgehead atoms. The van der Waals surface area contributed by atoms with Crippen LogP contribution in [0.5, 0.6) is 0 Å². The molecule has 90 valence electrons. The molecule has 0 aliphatic carbocycles. The van der Waals surface area contributed by atoms with Gasteiger partial charge in [-0.15, -0.1) is 0 Å². The molecule has 0 aromatic heterocycles. The molecule has 1 heterocycles. The zero-order valence-electron chi connectivity index (χ0n) is 9.76. The lowest BCUT2D eigenvalue weighted by Crippen LogP contribution is -2.26. The largest absolute Gasteiger partial charge is 0.480 e. The maximum absolute atomic E-state index is 11.1. The van der Waals surface area contributed by atoms with Crippen molar-refractivity contribution in [3.05, 3.63) is 54.1 Å². The Labute approximate surface area is 105 Å². The zero-order chi connectivity index (χ0) is 12.5. The predicted molar refractivity (Wildman–Crippen MR) is 70.6 cm³/mol. The molecular weight excluding hydrogens is 226 g/mol. The van der Waals surface area contributed by atoms with Gasteiger partial charge in [-0.05, 0) is 11.1 Å². The van der Waals surface area contributed by atoms with Gasteiger partial charge >= 0.3 is 5.97 Å². The van der Waals surface area contributed by atoms with E-state index in [4.69, 9.17) is 5.11 Å². The summed E-state index contributed by atoms with van der Waals surface area (Å²) in [6.45, 7) is 0. The van der Waals surface area contributed by atoms with E-state index in [0.29, 0.717) is 6.42 Å². The number of anilines is 1. The quantitative estimate of drug-likeness (QED) is 0.847. The lowest BCUT2D eigenvalue weighted by molar-refractivity contribution is -0.137. The highest BCUT2D eigenvalue weighted by Crippen LogP contribution is 2.36. The Morgan fingerprint density at radius 1 is 1.11 bits per heavy atom. The van der Waals surface area contributed by atoms with Gasteiger partial charge < -0.3 is 10.4 Å². The monoisotopic (exact) mass is 239 g/mol. The van der Waals surface area contributed by atoms with E-state index in [-0.39, 0.29) is 0 Å². The summed E-state index contributed by atoms with van der Waals surface area (Å²) in [5.41, 5.74) is 4.20. The number of rotatable bonds is 2. The predicted octanol–water partition coefficient (Wildman–Crippen LogP) is 2.77. The number of hydrogen-bond acceptors (Lipinski definition) is 2. The number of aliphatic carboxylic acids is 1. The van der Waals surface area contributed by atoms with E-state index in [1.807, 2.05) is 48.5 Å². The summed E-state index contributed by atoms with van der Waals surface area (Å²) in [6.07, 6.45) is 0.547. The normalized spacial score (nSPS) is 17.0. The Kier molecular flexibility index (Phi) is 2.52. The Hall–Kier alpha value is -2.29. The molecule has 1 atom stereocenters. The standard InChI is InChI=1S/C15H13NO2/c17-15(18)13-9-11-7-4-8-12(14(11)16-13)10-5-2-1-3-6-10/h1-8,13,16H,9H2,(H,17,18). The van der Waals surface area contributed by atoms with Crippen molar-refractivity contribution in [2.75, 3.05) is 5.32 Å². The first-order valence-corrected chi connectivity index (χ1v) is 5.92. The van der Waals surface area contributed by atoms with Crippen LogP contribution in [0, 0.1) is 0 Å². The van der Waals surface area contributed by atoms with Crippen molar-refractivity contribution in [1.82, 2.24) is 0 Å². The number of para-hydroxylation sites is 1. The second-order valence-electron chi connectivity index (χ2n) is 4.45. The average molecular weight is 239 g/mol. The van der Waals surface area contributed by atoms with Crippen molar-refractivity contribution in [1.29, 1.82) is 0 Å². The van der Waals surface area contributed by atoms with Crippen LogP contribution in [0.1, 0.15) is 5.56 Å². The SMILES string of the molecule is O=C(O)C1Cc2cccc(-c3ccccc3)c2N1. The molecular formula is C15H13NO2. The van der Waals surface area contributed by atoms with Crippen LogP contribution in [0.15, 0.2) is 48.5 Å². The number of carboxylic acid groups (broad SMARTS) is 1. The van der Waals surface area contributed by atoms with Gasteiger partial charge in [0.25, 0.3) is 0 Å². The van der Waals surface area contributed by atoms with Crippen LogP contribution >= 0.6 is 0 Å². The summed E-state index contributed by atoms with van der Waals surface area (Å²) in [5.74, 6) is -0.801. The Balaban J connectivity index is 2.06. The first kappa shape index (κ1) is 10.8. The van der Waals surface area contributed by atoms with Crippen LogP contribution < -0.4 is 5.32 Å². The van der Waals surface area contributed by atoms with E-state index in [1.165, 1.54) is 0 Å². The van der Waals surface area contributed by atoms with Gasteiger partial charge in [0, 0.05) is 17.7 Å². The lowest BCUT2D eigenvalue weighted by Gasteiger charge is -2.10. The van der Waals surface area contributed by atoms with Gasteiger partial charge in [0.2, 0.25) is 0 Å². The second kappa shape index (κ2) is 4.18. The van der Waals surface area contributed by atoms with Gasteiger partial charge in [0.05, 0.1) is 0 Å². The van der Waals surface area contributed by atoms with E-state index < -0.39 is 12.0 Å². The first-order chi connectivity index (χ1) is 8.75. The molecule has 18 heavy (non-hydrogen) atoms. The fraction of sp³-hybridized carbons (Fsp3) is 0.133. The molecule has 2 aromatic rings. The van der Waals surface area contributed by atoms with E-state index in [2.05, 4.69) is 5.32 Å². The third-order valence-electron chi connectivity index (χ3n) is 3.28. The summed E-state index contributed by atoms with van der Waals surface area (Å²) in [5, 5.41) is 12.2. The van der Waals surface area contributed by atoms with Crippen LogP contribution in [-0.2, 0) is 11.2 Å².